The van der Waals surface area contributed by atoms with Crippen molar-refractivity contribution in [3.63, 3.8) is 0 Å². The van der Waals surface area contributed by atoms with Crippen LogP contribution < -0.4 is 4.74 Å². The maximum Gasteiger partial charge on any atom is 0.118 e. The number of hydrogen-bond acceptors (Lipinski definition) is 3. The first kappa shape index (κ1) is 11.0. The fraction of sp³-hybridized carbons (Fsp3) is 0.154. The van der Waals surface area contributed by atoms with Gasteiger partial charge < -0.3 is 4.74 Å². The minimum atomic E-state index is 0.865. The number of nitrogens with zero attached hydrogens (tertiary/aromatic N) is 1. The Morgan fingerprint density at radius 3 is 2.31 bits per heavy atom. The van der Waals surface area contributed by atoms with E-state index in [1.54, 1.807) is 18.9 Å². The average molecular weight is 231 g/mol. The van der Waals surface area contributed by atoms with Gasteiger partial charge in [0.15, 0.2) is 0 Å². The van der Waals surface area contributed by atoms with Crippen LogP contribution in [0.2, 0.25) is 0 Å². The second-order valence-electron chi connectivity index (χ2n) is 3.31. The summed E-state index contributed by atoms with van der Waals surface area (Å²) in [5, 5.41) is 0. The van der Waals surface area contributed by atoms with Gasteiger partial charge in [0.1, 0.15) is 5.75 Å². The Labute approximate surface area is 99.7 Å². The normalized spacial score (nSPS) is 10.1. The van der Waals surface area contributed by atoms with Crippen LogP contribution in [0.1, 0.15) is 0 Å². The number of thioether (sulfide) groups is 1. The van der Waals surface area contributed by atoms with E-state index in [0.717, 1.165) is 17.0 Å². The third-order valence-electron chi connectivity index (χ3n) is 2.36. The third kappa shape index (κ3) is 2.36. The molecule has 0 radical (unpaired) electrons. The quantitative estimate of drug-likeness (QED) is 0.755. The highest BCUT2D eigenvalue weighted by Gasteiger charge is 1.99. The van der Waals surface area contributed by atoms with E-state index in [1.165, 1.54) is 4.90 Å². The van der Waals surface area contributed by atoms with Gasteiger partial charge in [-0.2, -0.15) is 0 Å². The van der Waals surface area contributed by atoms with Crippen molar-refractivity contribution in [2.24, 2.45) is 0 Å². The SMILES string of the molecule is COc1ccc(-c2ccc(SC)cn2)cc1. The van der Waals surface area contributed by atoms with Gasteiger partial charge in [-0.3, -0.25) is 4.98 Å². The van der Waals surface area contributed by atoms with E-state index in [1.807, 2.05) is 42.8 Å². The molecule has 0 saturated heterocycles. The largest absolute Gasteiger partial charge is 0.497 e. The van der Waals surface area contributed by atoms with Crippen LogP contribution in [0.4, 0.5) is 0 Å². The van der Waals surface area contributed by atoms with Crippen LogP contribution in [0.3, 0.4) is 0 Å². The van der Waals surface area contributed by atoms with E-state index in [0.29, 0.717) is 0 Å². The van der Waals surface area contributed by atoms with Crippen LogP contribution in [-0.4, -0.2) is 18.3 Å². The van der Waals surface area contributed by atoms with Crippen LogP contribution in [0.25, 0.3) is 11.3 Å². The fourth-order valence-corrected chi connectivity index (χ4v) is 1.80. The van der Waals surface area contributed by atoms with Gasteiger partial charge in [0, 0.05) is 16.7 Å². The zero-order chi connectivity index (χ0) is 11.4. The summed E-state index contributed by atoms with van der Waals surface area (Å²) in [5.41, 5.74) is 2.09. The number of pyridine rings is 1. The van der Waals surface area contributed by atoms with Gasteiger partial charge in [-0.05, 0) is 42.7 Å². The molecule has 0 fully saturated rings. The summed E-state index contributed by atoms with van der Waals surface area (Å²) < 4.78 is 5.12. The van der Waals surface area contributed by atoms with Gasteiger partial charge in [-0.15, -0.1) is 11.8 Å². The van der Waals surface area contributed by atoms with Crippen LogP contribution in [0.15, 0.2) is 47.5 Å². The molecule has 1 heterocycles. The topological polar surface area (TPSA) is 22.1 Å². The summed E-state index contributed by atoms with van der Waals surface area (Å²) in [6, 6.07) is 12.0. The summed E-state index contributed by atoms with van der Waals surface area (Å²) in [7, 11) is 1.67. The molecule has 2 aromatic rings. The molecule has 0 aliphatic carbocycles. The number of rotatable bonds is 3. The first-order valence-corrected chi connectivity index (χ1v) is 6.20. The molecule has 2 rings (SSSR count). The molecule has 3 heteroatoms. The van der Waals surface area contributed by atoms with Crippen LogP contribution >= 0.6 is 11.8 Å². The van der Waals surface area contributed by atoms with Crippen molar-refractivity contribution in [1.29, 1.82) is 0 Å². The Morgan fingerprint density at radius 1 is 1.06 bits per heavy atom. The summed E-state index contributed by atoms with van der Waals surface area (Å²) >= 11 is 1.70. The molecule has 1 aromatic carbocycles. The standard InChI is InChI=1S/C13H13NOS/c1-15-11-5-3-10(4-6-11)13-8-7-12(16-2)9-14-13/h3-9H,1-2H3. The van der Waals surface area contributed by atoms with Gasteiger partial charge in [0.25, 0.3) is 0 Å². The lowest BCUT2D eigenvalue weighted by Crippen LogP contribution is -1.85. The summed E-state index contributed by atoms with van der Waals surface area (Å²) in [6.07, 6.45) is 3.94. The minimum Gasteiger partial charge on any atom is -0.497 e. The molecule has 0 unspecified atom stereocenters. The average Bonchev–Trinajstić information content (AvgIpc) is 2.39. The van der Waals surface area contributed by atoms with Crippen molar-refractivity contribution >= 4 is 11.8 Å². The second kappa shape index (κ2) is 5.03. The predicted molar refractivity (Wildman–Crippen MR) is 68.0 cm³/mol. The Bertz CT molecular complexity index is 405. The highest BCUT2D eigenvalue weighted by molar-refractivity contribution is 7.98. The first-order valence-electron chi connectivity index (χ1n) is 4.98. The van der Waals surface area contributed by atoms with Gasteiger partial charge in [0.05, 0.1) is 12.8 Å². The van der Waals surface area contributed by atoms with Crippen LogP contribution in [0.5, 0.6) is 5.75 Å². The van der Waals surface area contributed by atoms with E-state index in [4.69, 9.17) is 4.74 Å². The van der Waals surface area contributed by atoms with Gasteiger partial charge >= 0.3 is 0 Å². The second-order valence-corrected chi connectivity index (χ2v) is 4.19. The molecule has 0 N–H and O–H groups in total. The van der Waals surface area contributed by atoms with E-state index in [9.17, 15) is 0 Å². The fourth-order valence-electron chi connectivity index (χ4n) is 1.43. The van der Waals surface area contributed by atoms with Gasteiger partial charge in [-0.1, -0.05) is 0 Å². The molecule has 82 valence electrons. The van der Waals surface area contributed by atoms with E-state index in [2.05, 4.69) is 11.1 Å². The number of benzene rings is 1. The lowest BCUT2D eigenvalue weighted by molar-refractivity contribution is 0.415. The zero-order valence-electron chi connectivity index (χ0n) is 9.31. The number of methoxy groups -OCH3 is 1. The molecule has 1 aromatic heterocycles. The van der Waals surface area contributed by atoms with Crippen molar-refractivity contribution in [3.8, 4) is 17.0 Å². The Kier molecular flexibility index (Phi) is 3.47. The van der Waals surface area contributed by atoms with Crippen molar-refractivity contribution in [2.75, 3.05) is 13.4 Å². The molecule has 0 atom stereocenters. The molecule has 16 heavy (non-hydrogen) atoms. The third-order valence-corrected chi connectivity index (χ3v) is 3.07. The minimum absolute atomic E-state index is 0.865. The monoisotopic (exact) mass is 231 g/mol. The predicted octanol–water partition coefficient (Wildman–Crippen LogP) is 3.48. The van der Waals surface area contributed by atoms with Crippen molar-refractivity contribution < 1.29 is 4.74 Å². The molecule has 0 amide bonds. The maximum atomic E-state index is 5.12. The van der Waals surface area contributed by atoms with Crippen molar-refractivity contribution in [2.45, 2.75) is 4.90 Å². The molecular formula is C13H13NOS. The first-order chi connectivity index (χ1) is 7.83. The highest BCUT2D eigenvalue weighted by Crippen LogP contribution is 2.22. The van der Waals surface area contributed by atoms with E-state index < -0.39 is 0 Å². The van der Waals surface area contributed by atoms with Gasteiger partial charge in [0.2, 0.25) is 0 Å². The van der Waals surface area contributed by atoms with E-state index in [-0.39, 0.29) is 0 Å². The Hall–Kier alpha value is -1.48. The molecule has 0 spiro atoms. The molecule has 0 aliphatic heterocycles. The van der Waals surface area contributed by atoms with Gasteiger partial charge in [-0.25, -0.2) is 0 Å². The summed E-state index contributed by atoms with van der Waals surface area (Å²) in [5.74, 6) is 0.865. The van der Waals surface area contributed by atoms with Crippen LogP contribution in [0, 0.1) is 0 Å². The molecular weight excluding hydrogens is 218 g/mol. The van der Waals surface area contributed by atoms with E-state index >= 15 is 0 Å². The Morgan fingerprint density at radius 2 is 1.81 bits per heavy atom. The molecule has 2 nitrogen and oxygen atoms in total. The number of aromatic nitrogens is 1. The van der Waals surface area contributed by atoms with Crippen molar-refractivity contribution in [3.05, 3.63) is 42.6 Å². The summed E-state index contributed by atoms with van der Waals surface area (Å²) in [6.45, 7) is 0. The lowest BCUT2D eigenvalue weighted by Gasteiger charge is -2.03. The number of hydrogen-bond donors (Lipinski definition) is 0. The lowest BCUT2D eigenvalue weighted by atomic mass is 10.1. The molecule has 0 saturated carbocycles. The van der Waals surface area contributed by atoms with Crippen LogP contribution in [-0.2, 0) is 0 Å². The molecule has 0 bridgehead atoms. The zero-order valence-corrected chi connectivity index (χ0v) is 10.1. The Balaban J connectivity index is 2.28. The summed E-state index contributed by atoms with van der Waals surface area (Å²) in [4.78, 5) is 5.59. The highest BCUT2D eigenvalue weighted by atomic mass is 32.2. The number of ether oxygens (including phenoxy) is 1. The maximum absolute atomic E-state index is 5.12. The molecule has 0 aliphatic rings. The van der Waals surface area contributed by atoms with Crippen molar-refractivity contribution in [1.82, 2.24) is 4.98 Å². The smallest absolute Gasteiger partial charge is 0.118 e.